The summed E-state index contributed by atoms with van der Waals surface area (Å²) >= 11 is 0. The highest BCUT2D eigenvalue weighted by Gasteiger charge is 2.18. The van der Waals surface area contributed by atoms with E-state index >= 15 is 0 Å². The summed E-state index contributed by atoms with van der Waals surface area (Å²) in [5, 5.41) is 13.4. The molecule has 2 aromatic carbocycles. The van der Waals surface area contributed by atoms with E-state index in [1.165, 1.54) is 0 Å². The van der Waals surface area contributed by atoms with Gasteiger partial charge in [0.25, 0.3) is 5.91 Å². The molecular weight excluding hydrogens is 242 g/mol. The Hall–Kier alpha value is -2.36. The highest BCUT2D eigenvalue weighted by atomic mass is 16.4. The Morgan fingerprint density at radius 2 is 1.84 bits per heavy atom. The lowest BCUT2D eigenvalue weighted by Gasteiger charge is -2.12. The normalized spacial score (nSPS) is 12.1. The van der Waals surface area contributed by atoms with Crippen LogP contribution in [0.1, 0.15) is 23.7 Å². The number of carboxylic acid groups (broad SMARTS) is 1. The largest absolute Gasteiger partial charge is 0.480 e. The number of hydrogen-bond acceptors (Lipinski definition) is 2. The van der Waals surface area contributed by atoms with Gasteiger partial charge >= 0.3 is 5.97 Å². The number of nitrogens with one attached hydrogen (secondary N) is 1. The first kappa shape index (κ1) is 13.1. The van der Waals surface area contributed by atoms with Crippen LogP contribution in [0.2, 0.25) is 0 Å². The summed E-state index contributed by atoms with van der Waals surface area (Å²) in [7, 11) is 0. The van der Waals surface area contributed by atoms with E-state index in [-0.39, 0.29) is 5.91 Å². The van der Waals surface area contributed by atoms with Crippen molar-refractivity contribution in [1.29, 1.82) is 0 Å². The first-order valence-electron chi connectivity index (χ1n) is 6.14. The number of fused-ring (bicyclic) bond motifs is 1. The van der Waals surface area contributed by atoms with Crippen LogP contribution in [0, 0.1) is 0 Å². The van der Waals surface area contributed by atoms with Crippen molar-refractivity contribution < 1.29 is 14.7 Å². The monoisotopic (exact) mass is 257 g/mol. The van der Waals surface area contributed by atoms with Crippen molar-refractivity contribution in [3.05, 3.63) is 48.0 Å². The number of amides is 1. The molecule has 0 aliphatic rings. The molecule has 0 spiro atoms. The quantitative estimate of drug-likeness (QED) is 0.884. The molecule has 0 aliphatic heterocycles. The highest BCUT2D eigenvalue weighted by Crippen LogP contribution is 2.15. The van der Waals surface area contributed by atoms with Crippen LogP contribution in [0.25, 0.3) is 10.8 Å². The van der Waals surface area contributed by atoms with Gasteiger partial charge in [0.15, 0.2) is 0 Å². The van der Waals surface area contributed by atoms with Gasteiger partial charge in [-0.3, -0.25) is 4.79 Å². The fourth-order valence-corrected chi connectivity index (χ4v) is 1.91. The summed E-state index contributed by atoms with van der Waals surface area (Å²) in [5.74, 6) is -1.38. The summed E-state index contributed by atoms with van der Waals surface area (Å²) in [6.45, 7) is 1.72. The third-order valence-electron chi connectivity index (χ3n) is 3.02. The van der Waals surface area contributed by atoms with Gasteiger partial charge in [0.05, 0.1) is 0 Å². The van der Waals surface area contributed by atoms with E-state index in [1.54, 1.807) is 19.1 Å². The fraction of sp³-hybridized carbons (Fsp3) is 0.200. The van der Waals surface area contributed by atoms with Crippen LogP contribution >= 0.6 is 0 Å². The van der Waals surface area contributed by atoms with Crippen molar-refractivity contribution in [2.45, 2.75) is 19.4 Å². The van der Waals surface area contributed by atoms with E-state index in [0.717, 1.165) is 10.8 Å². The molecule has 0 unspecified atom stereocenters. The molecule has 0 fully saturated rings. The van der Waals surface area contributed by atoms with Crippen LogP contribution in [0.3, 0.4) is 0 Å². The highest BCUT2D eigenvalue weighted by molar-refractivity contribution is 6.00. The van der Waals surface area contributed by atoms with Crippen LogP contribution in [0.5, 0.6) is 0 Å². The maximum atomic E-state index is 12.0. The van der Waals surface area contributed by atoms with E-state index in [4.69, 9.17) is 5.11 Å². The molecule has 19 heavy (non-hydrogen) atoms. The molecule has 4 nitrogen and oxygen atoms in total. The van der Waals surface area contributed by atoms with Gasteiger partial charge in [-0.2, -0.15) is 0 Å². The van der Waals surface area contributed by atoms with Crippen molar-refractivity contribution in [3.8, 4) is 0 Å². The van der Waals surface area contributed by atoms with Gasteiger partial charge < -0.3 is 10.4 Å². The second kappa shape index (κ2) is 5.52. The van der Waals surface area contributed by atoms with Gasteiger partial charge in [0.2, 0.25) is 0 Å². The maximum absolute atomic E-state index is 12.0. The molecule has 0 bridgehead atoms. The first-order chi connectivity index (χ1) is 9.11. The summed E-state index contributed by atoms with van der Waals surface area (Å²) in [6, 6.07) is 12.2. The molecule has 0 aromatic heterocycles. The molecule has 0 saturated heterocycles. The minimum atomic E-state index is -1.02. The Bertz CT molecular complexity index is 622. The zero-order valence-electron chi connectivity index (χ0n) is 10.6. The Morgan fingerprint density at radius 1 is 1.16 bits per heavy atom. The number of rotatable bonds is 4. The zero-order chi connectivity index (χ0) is 13.8. The van der Waals surface area contributed by atoms with Gasteiger partial charge in [-0.15, -0.1) is 0 Å². The molecule has 0 radical (unpaired) electrons. The number of benzene rings is 2. The lowest BCUT2D eigenvalue weighted by Crippen LogP contribution is -2.40. The summed E-state index contributed by atoms with van der Waals surface area (Å²) in [4.78, 5) is 22.9. The fourth-order valence-electron chi connectivity index (χ4n) is 1.91. The third kappa shape index (κ3) is 2.91. The minimum Gasteiger partial charge on any atom is -0.480 e. The number of hydrogen-bond donors (Lipinski definition) is 2. The van der Waals surface area contributed by atoms with Gasteiger partial charge in [-0.1, -0.05) is 37.3 Å². The molecular formula is C15H15NO3. The molecule has 98 valence electrons. The molecule has 1 atom stereocenters. The predicted octanol–water partition coefficient (Wildman–Crippen LogP) is 2.43. The van der Waals surface area contributed by atoms with Crippen molar-refractivity contribution in [1.82, 2.24) is 5.32 Å². The van der Waals surface area contributed by atoms with Crippen molar-refractivity contribution in [2.75, 3.05) is 0 Å². The maximum Gasteiger partial charge on any atom is 0.326 e. The number of carbonyl (C=O) groups is 2. The number of carbonyl (C=O) groups excluding carboxylic acids is 1. The van der Waals surface area contributed by atoms with Crippen molar-refractivity contribution in [2.24, 2.45) is 0 Å². The number of aliphatic carboxylic acids is 1. The Kier molecular flexibility index (Phi) is 3.80. The van der Waals surface area contributed by atoms with Gasteiger partial charge in [0.1, 0.15) is 6.04 Å². The van der Waals surface area contributed by atoms with Crippen LogP contribution in [0.4, 0.5) is 0 Å². The average molecular weight is 257 g/mol. The average Bonchev–Trinajstić information content (AvgIpc) is 2.43. The van der Waals surface area contributed by atoms with E-state index in [9.17, 15) is 9.59 Å². The van der Waals surface area contributed by atoms with Crippen LogP contribution in [-0.2, 0) is 4.79 Å². The lowest BCUT2D eigenvalue weighted by molar-refractivity contribution is -0.139. The second-order valence-corrected chi connectivity index (χ2v) is 4.33. The van der Waals surface area contributed by atoms with E-state index in [2.05, 4.69) is 5.32 Å². The van der Waals surface area contributed by atoms with Crippen molar-refractivity contribution >= 4 is 22.6 Å². The smallest absolute Gasteiger partial charge is 0.326 e. The minimum absolute atomic E-state index is 0.356. The lowest BCUT2D eigenvalue weighted by atomic mass is 10.1. The molecule has 4 heteroatoms. The topological polar surface area (TPSA) is 66.4 Å². The Labute approximate surface area is 111 Å². The van der Waals surface area contributed by atoms with Gasteiger partial charge in [-0.05, 0) is 29.3 Å². The summed E-state index contributed by atoms with van der Waals surface area (Å²) in [5.41, 5.74) is 0.471. The van der Waals surface area contributed by atoms with E-state index in [1.807, 2.05) is 30.3 Å². The number of carboxylic acids is 1. The summed E-state index contributed by atoms with van der Waals surface area (Å²) in [6.07, 6.45) is 0.356. The summed E-state index contributed by atoms with van der Waals surface area (Å²) < 4.78 is 0. The molecule has 2 N–H and O–H groups in total. The van der Waals surface area contributed by atoms with Crippen LogP contribution in [0.15, 0.2) is 42.5 Å². The van der Waals surface area contributed by atoms with Crippen LogP contribution < -0.4 is 5.32 Å². The van der Waals surface area contributed by atoms with Crippen molar-refractivity contribution in [3.63, 3.8) is 0 Å². The third-order valence-corrected chi connectivity index (χ3v) is 3.02. The van der Waals surface area contributed by atoms with E-state index < -0.39 is 12.0 Å². The predicted molar refractivity (Wildman–Crippen MR) is 73.1 cm³/mol. The molecule has 2 aromatic rings. The molecule has 1 amide bonds. The second-order valence-electron chi connectivity index (χ2n) is 4.33. The standard InChI is InChI=1S/C15H15NO3/c1-2-13(15(18)19)16-14(17)12-8-7-10-5-3-4-6-11(10)9-12/h3-9,13H,2H2,1H3,(H,16,17)(H,18,19)/t13-/m0/s1. The van der Waals surface area contributed by atoms with Gasteiger partial charge in [-0.25, -0.2) is 4.79 Å². The van der Waals surface area contributed by atoms with Crippen LogP contribution in [-0.4, -0.2) is 23.0 Å². The Morgan fingerprint density at radius 3 is 2.47 bits per heavy atom. The zero-order valence-corrected chi connectivity index (χ0v) is 10.6. The molecule has 0 saturated carbocycles. The van der Waals surface area contributed by atoms with Gasteiger partial charge in [0, 0.05) is 5.56 Å². The molecule has 0 aliphatic carbocycles. The molecule has 2 rings (SSSR count). The Balaban J connectivity index is 2.24. The van der Waals surface area contributed by atoms with E-state index in [0.29, 0.717) is 12.0 Å². The molecule has 0 heterocycles. The SMILES string of the molecule is CC[C@H](NC(=O)c1ccc2ccccc2c1)C(=O)O. The first-order valence-corrected chi connectivity index (χ1v) is 6.14.